The number of hydrogen-bond donors (Lipinski definition) is 0. The summed E-state index contributed by atoms with van der Waals surface area (Å²) in [4.78, 5) is 1.77. The Morgan fingerprint density at radius 3 is 2.33 bits per heavy atom. The number of rotatable bonds is 1. The van der Waals surface area contributed by atoms with Crippen molar-refractivity contribution in [3.63, 3.8) is 0 Å². The summed E-state index contributed by atoms with van der Waals surface area (Å²) in [6.45, 7) is 0.756. The molecule has 0 N–H and O–H groups in total. The van der Waals surface area contributed by atoms with Crippen LogP contribution < -0.4 is 4.90 Å². The minimum absolute atomic E-state index is 0.112. The van der Waals surface area contributed by atoms with Crippen LogP contribution in [0.2, 0.25) is 0 Å². The molecule has 0 saturated carbocycles. The predicted octanol–water partition coefficient (Wildman–Crippen LogP) is 1.06. The van der Waals surface area contributed by atoms with Crippen LogP contribution in [0.5, 0.6) is 0 Å². The van der Waals surface area contributed by atoms with E-state index in [1.165, 1.54) is 6.07 Å². The molecule has 0 unspecified atom stereocenters. The SMILES string of the molecule is O=S1(=O)CCN(c2ccccc2F)CC1. The first kappa shape index (κ1) is 10.4. The summed E-state index contributed by atoms with van der Waals surface area (Å²) in [6.07, 6.45) is 0. The number of nitrogens with zero attached hydrogens (tertiary/aromatic N) is 1. The summed E-state index contributed by atoms with van der Waals surface area (Å²) in [5, 5.41) is 0. The molecule has 0 atom stereocenters. The van der Waals surface area contributed by atoms with E-state index in [0.717, 1.165) is 0 Å². The fourth-order valence-electron chi connectivity index (χ4n) is 1.66. The van der Waals surface area contributed by atoms with Crippen LogP contribution in [0, 0.1) is 5.82 Å². The third kappa shape index (κ3) is 2.28. The van der Waals surface area contributed by atoms with Crippen molar-refractivity contribution in [1.29, 1.82) is 0 Å². The van der Waals surface area contributed by atoms with Gasteiger partial charge >= 0.3 is 0 Å². The van der Waals surface area contributed by atoms with Crippen molar-refractivity contribution in [3.8, 4) is 0 Å². The fourth-order valence-corrected chi connectivity index (χ4v) is 2.86. The number of sulfone groups is 1. The van der Waals surface area contributed by atoms with E-state index in [4.69, 9.17) is 0 Å². The summed E-state index contributed by atoms with van der Waals surface area (Å²) in [5.74, 6) is -0.0698. The number of benzene rings is 1. The molecule has 2 rings (SSSR count). The third-order valence-electron chi connectivity index (χ3n) is 2.54. The van der Waals surface area contributed by atoms with Gasteiger partial charge in [0.1, 0.15) is 5.82 Å². The average Bonchev–Trinajstić information content (AvgIpc) is 2.19. The highest BCUT2D eigenvalue weighted by Crippen LogP contribution is 2.20. The van der Waals surface area contributed by atoms with Gasteiger partial charge in [-0.15, -0.1) is 0 Å². The normalized spacial score (nSPS) is 20.2. The van der Waals surface area contributed by atoms with Gasteiger partial charge in [0.05, 0.1) is 17.2 Å². The number of halogens is 1. The molecule has 3 nitrogen and oxygen atoms in total. The van der Waals surface area contributed by atoms with Gasteiger partial charge in [0.25, 0.3) is 0 Å². The summed E-state index contributed by atoms with van der Waals surface area (Å²) in [7, 11) is -2.90. The minimum atomic E-state index is -2.90. The largest absolute Gasteiger partial charge is 0.367 e. The van der Waals surface area contributed by atoms with Gasteiger partial charge in [-0.1, -0.05) is 12.1 Å². The smallest absolute Gasteiger partial charge is 0.153 e. The highest BCUT2D eigenvalue weighted by atomic mass is 32.2. The van der Waals surface area contributed by atoms with E-state index in [-0.39, 0.29) is 17.3 Å². The fraction of sp³-hybridized carbons (Fsp3) is 0.400. The van der Waals surface area contributed by atoms with E-state index >= 15 is 0 Å². The molecule has 82 valence electrons. The van der Waals surface area contributed by atoms with Crippen LogP contribution in [-0.4, -0.2) is 33.0 Å². The van der Waals surface area contributed by atoms with Gasteiger partial charge in [-0.3, -0.25) is 0 Å². The lowest BCUT2D eigenvalue weighted by atomic mass is 10.2. The molecule has 1 aromatic carbocycles. The van der Waals surface area contributed by atoms with E-state index in [9.17, 15) is 12.8 Å². The maximum absolute atomic E-state index is 13.4. The zero-order valence-electron chi connectivity index (χ0n) is 8.19. The average molecular weight is 229 g/mol. The molecule has 1 aliphatic heterocycles. The lowest BCUT2D eigenvalue weighted by Crippen LogP contribution is -2.40. The number of para-hydroxylation sites is 1. The molecule has 0 radical (unpaired) electrons. The third-order valence-corrected chi connectivity index (χ3v) is 4.15. The zero-order chi connectivity index (χ0) is 10.9. The van der Waals surface area contributed by atoms with Crippen molar-refractivity contribution in [3.05, 3.63) is 30.1 Å². The highest BCUT2D eigenvalue weighted by Gasteiger charge is 2.22. The Kier molecular flexibility index (Phi) is 2.65. The first-order valence-corrected chi connectivity index (χ1v) is 6.60. The summed E-state index contributed by atoms with van der Waals surface area (Å²) in [5.41, 5.74) is 0.493. The summed E-state index contributed by atoms with van der Waals surface area (Å²) in [6, 6.07) is 6.44. The first-order chi connectivity index (χ1) is 7.08. The van der Waals surface area contributed by atoms with E-state index in [0.29, 0.717) is 18.8 Å². The molecule has 0 spiro atoms. The Morgan fingerprint density at radius 1 is 1.13 bits per heavy atom. The van der Waals surface area contributed by atoms with Gasteiger partial charge in [-0.2, -0.15) is 0 Å². The first-order valence-electron chi connectivity index (χ1n) is 4.78. The van der Waals surface area contributed by atoms with Gasteiger partial charge in [-0.05, 0) is 12.1 Å². The van der Waals surface area contributed by atoms with Crippen LogP contribution in [0.25, 0.3) is 0 Å². The molecule has 5 heteroatoms. The number of hydrogen-bond acceptors (Lipinski definition) is 3. The summed E-state index contributed by atoms with van der Waals surface area (Å²) >= 11 is 0. The Morgan fingerprint density at radius 2 is 1.73 bits per heavy atom. The van der Waals surface area contributed by atoms with Crippen molar-refractivity contribution in [2.75, 3.05) is 29.5 Å². The lowest BCUT2D eigenvalue weighted by Gasteiger charge is -2.28. The number of anilines is 1. The van der Waals surface area contributed by atoms with Gasteiger partial charge < -0.3 is 4.90 Å². The Labute approximate surface area is 88.4 Å². The monoisotopic (exact) mass is 229 g/mol. The van der Waals surface area contributed by atoms with Gasteiger partial charge in [0.15, 0.2) is 9.84 Å². The molecule has 0 amide bonds. The van der Waals surface area contributed by atoms with Crippen molar-refractivity contribution in [2.24, 2.45) is 0 Å². The summed E-state index contributed by atoms with van der Waals surface area (Å²) < 4.78 is 35.8. The molecular weight excluding hydrogens is 217 g/mol. The van der Waals surface area contributed by atoms with Crippen LogP contribution in [0.1, 0.15) is 0 Å². The maximum atomic E-state index is 13.4. The Balaban J connectivity index is 2.18. The Bertz CT molecular complexity index is 444. The minimum Gasteiger partial charge on any atom is -0.367 e. The van der Waals surface area contributed by atoms with E-state index < -0.39 is 9.84 Å². The van der Waals surface area contributed by atoms with Crippen molar-refractivity contribution < 1.29 is 12.8 Å². The topological polar surface area (TPSA) is 37.4 Å². The molecule has 1 heterocycles. The van der Waals surface area contributed by atoms with E-state index in [1.807, 2.05) is 0 Å². The van der Waals surface area contributed by atoms with Gasteiger partial charge in [0.2, 0.25) is 0 Å². The molecule has 0 aromatic heterocycles. The van der Waals surface area contributed by atoms with Crippen molar-refractivity contribution in [1.82, 2.24) is 0 Å². The van der Waals surface area contributed by atoms with Crippen molar-refractivity contribution in [2.45, 2.75) is 0 Å². The van der Waals surface area contributed by atoms with Crippen LogP contribution in [-0.2, 0) is 9.84 Å². The van der Waals surface area contributed by atoms with Crippen LogP contribution in [0.15, 0.2) is 24.3 Å². The molecule has 1 aliphatic rings. The quantitative estimate of drug-likeness (QED) is 0.722. The van der Waals surface area contributed by atoms with Crippen LogP contribution >= 0.6 is 0 Å². The van der Waals surface area contributed by atoms with Gasteiger partial charge in [0, 0.05) is 13.1 Å². The van der Waals surface area contributed by atoms with Crippen LogP contribution in [0.3, 0.4) is 0 Å². The second-order valence-electron chi connectivity index (χ2n) is 3.59. The molecule has 1 saturated heterocycles. The lowest BCUT2D eigenvalue weighted by molar-refractivity contribution is 0.581. The second-order valence-corrected chi connectivity index (χ2v) is 5.89. The molecule has 15 heavy (non-hydrogen) atoms. The second kappa shape index (κ2) is 3.81. The molecule has 0 bridgehead atoms. The zero-order valence-corrected chi connectivity index (χ0v) is 9.00. The van der Waals surface area contributed by atoms with Crippen molar-refractivity contribution >= 4 is 15.5 Å². The van der Waals surface area contributed by atoms with E-state index in [2.05, 4.69) is 0 Å². The maximum Gasteiger partial charge on any atom is 0.153 e. The Hall–Kier alpha value is -1.10. The molecule has 0 aliphatic carbocycles. The van der Waals surface area contributed by atoms with Gasteiger partial charge in [-0.25, -0.2) is 12.8 Å². The van der Waals surface area contributed by atoms with Crippen LogP contribution in [0.4, 0.5) is 10.1 Å². The molecule has 1 aromatic rings. The molecular formula is C10H12FNO2S. The molecule has 1 fully saturated rings. The predicted molar refractivity (Wildman–Crippen MR) is 57.3 cm³/mol. The highest BCUT2D eigenvalue weighted by molar-refractivity contribution is 7.91. The van der Waals surface area contributed by atoms with E-state index in [1.54, 1.807) is 23.1 Å². The standard InChI is InChI=1S/C10H12FNO2S/c11-9-3-1-2-4-10(9)12-5-7-15(13,14)8-6-12/h1-4H,5-8H2.